The minimum Gasteiger partial charge on any atom is -0.477 e. The third-order valence-corrected chi connectivity index (χ3v) is 2.80. The normalized spacial score (nSPS) is 19.5. The molecule has 88 valence electrons. The van der Waals surface area contributed by atoms with Crippen LogP contribution in [-0.4, -0.2) is 16.9 Å². The van der Waals surface area contributed by atoms with Crippen molar-refractivity contribution >= 4 is 23.4 Å². The van der Waals surface area contributed by atoms with Gasteiger partial charge in [0.25, 0.3) is 0 Å². The average molecular weight is 252 g/mol. The molecule has 17 heavy (non-hydrogen) atoms. The van der Waals surface area contributed by atoms with Crippen LogP contribution in [0.25, 0.3) is 0 Å². The first-order valence-electron chi connectivity index (χ1n) is 5.06. The Bertz CT molecular complexity index is 493. The number of hydrogen-bond donors (Lipinski definition) is 2. The van der Waals surface area contributed by atoms with Crippen LogP contribution >= 0.6 is 11.6 Å². The molecule has 0 aliphatic carbocycles. The highest BCUT2D eigenvalue weighted by Gasteiger charge is 2.24. The van der Waals surface area contributed by atoms with Gasteiger partial charge in [-0.25, -0.2) is 4.79 Å². The second-order valence-electron chi connectivity index (χ2n) is 3.78. The molecule has 1 atom stereocenters. The second-order valence-corrected chi connectivity index (χ2v) is 4.22. The Morgan fingerprint density at radius 3 is 2.59 bits per heavy atom. The molecule has 1 aliphatic heterocycles. The number of carboxylic acid groups (broad SMARTS) is 1. The molecule has 4 nitrogen and oxygen atoms in total. The summed E-state index contributed by atoms with van der Waals surface area (Å²) in [5, 5.41) is 12.3. The SMILES string of the molecule is O=C1C=C(C(=O)O)NC(c2ccc(Cl)cc2)C1. The molecule has 0 amide bonds. The van der Waals surface area contributed by atoms with E-state index in [1.807, 2.05) is 0 Å². The number of carbonyl (C=O) groups excluding carboxylic acids is 1. The van der Waals surface area contributed by atoms with Gasteiger partial charge in [0.05, 0.1) is 6.04 Å². The molecule has 0 radical (unpaired) electrons. The molecule has 0 bridgehead atoms. The van der Waals surface area contributed by atoms with Crippen LogP contribution in [0.4, 0.5) is 0 Å². The molecule has 0 fully saturated rings. The predicted molar refractivity (Wildman–Crippen MR) is 62.7 cm³/mol. The number of rotatable bonds is 2. The first kappa shape index (κ1) is 11.7. The monoisotopic (exact) mass is 251 g/mol. The van der Waals surface area contributed by atoms with Crippen molar-refractivity contribution in [1.29, 1.82) is 0 Å². The molecular formula is C12H10ClNO3. The lowest BCUT2D eigenvalue weighted by molar-refractivity contribution is -0.134. The van der Waals surface area contributed by atoms with Crippen molar-refractivity contribution in [3.05, 3.63) is 46.6 Å². The number of ketones is 1. The van der Waals surface area contributed by atoms with Crippen molar-refractivity contribution < 1.29 is 14.7 Å². The number of hydrogen-bond acceptors (Lipinski definition) is 3. The predicted octanol–water partition coefficient (Wildman–Crippen LogP) is 1.91. The third-order valence-electron chi connectivity index (χ3n) is 2.54. The summed E-state index contributed by atoms with van der Waals surface area (Å²) in [5.41, 5.74) is 0.774. The van der Waals surface area contributed by atoms with E-state index in [-0.39, 0.29) is 23.9 Å². The van der Waals surface area contributed by atoms with Crippen molar-refractivity contribution in [2.75, 3.05) is 0 Å². The van der Waals surface area contributed by atoms with E-state index in [4.69, 9.17) is 16.7 Å². The van der Waals surface area contributed by atoms with E-state index in [1.54, 1.807) is 24.3 Å². The van der Waals surface area contributed by atoms with Gasteiger partial charge in [-0.1, -0.05) is 23.7 Å². The van der Waals surface area contributed by atoms with Crippen LogP contribution in [0.2, 0.25) is 5.02 Å². The highest BCUT2D eigenvalue weighted by molar-refractivity contribution is 6.30. The summed E-state index contributed by atoms with van der Waals surface area (Å²) >= 11 is 5.77. The maximum atomic E-state index is 11.4. The Morgan fingerprint density at radius 2 is 2.00 bits per heavy atom. The van der Waals surface area contributed by atoms with E-state index in [2.05, 4.69) is 5.32 Å². The zero-order valence-electron chi connectivity index (χ0n) is 8.81. The number of benzene rings is 1. The number of halogens is 1. The van der Waals surface area contributed by atoms with Crippen molar-refractivity contribution in [1.82, 2.24) is 5.32 Å². The fourth-order valence-electron chi connectivity index (χ4n) is 1.72. The van der Waals surface area contributed by atoms with E-state index in [9.17, 15) is 9.59 Å². The van der Waals surface area contributed by atoms with Crippen molar-refractivity contribution in [2.45, 2.75) is 12.5 Å². The van der Waals surface area contributed by atoms with E-state index in [1.165, 1.54) is 0 Å². The summed E-state index contributed by atoms with van der Waals surface area (Å²) in [6.07, 6.45) is 1.37. The molecule has 5 heteroatoms. The molecule has 0 spiro atoms. The molecule has 1 unspecified atom stereocenters. The number of nitrogens with one attached hydrogen (secondary N) is 1. The van der Waals surface area contributed by atoms with Gasteiger partial charge in [0.2, 0.25) is 0 Å². The van der Waals surface area contributed by atoms with Gasteiger partial charge in [0.15, 0.2) is 5.78 Å². The molecule has 1 aliphatic rings. The number of carboxylic acids is 1. The van der Waals surface area contributed by atoms with Crippen LogP contribution in [0, 0.1) is 0 Å². The summed E-state index contributed by atoms with van der Waals surface area (Å²) in [4.78, 5) is 22.2. The molecule has 0 aromatic heterocycles. The van der Waals surface area contributed by atoms with Gasteiger partial charge in [-0.3, -0.25) is 4.79 Å². The van der Waals surface area contributed by atoms with E-state index in [0.29, 0.717) is 5.02 Å². The van der Waals surface area contributed by atoms with Crippen molar-refractivity contribution in [2.24, 2.45) is 0 Å². The van der Waals surface area contributed by atoms with Crippen LogP contribution in [-0.2, 0) is 9.59 Å². The minimum absolute atomic E-state index is 0.0683. The standard InChI is InChI=1S/C12H10ClNO3/c13-8-3-1-7(2-4-8)10-5-9(15)6-11(14-10)12(16)17/h1-4,6,10,14H,5H2,(H,16,17). The fourth-order valence-corrected chi connectivity index (χ4v) is 1.85. The zero-order chi connectivity index (χ0) is 12.4. The summed E-state index contributed by atoms with van der Waals surface area (Å²) in [6, 6.07) is 6.66. The smallest absolute Gasteiger partial charge is 0.352 e. The lowest BCUT2D eigenvalue weighted by Gasteiger charge is -2.23. The number of carbonyl (C=O) groups is 2. The van der Waals surface area contributed by atoms with Gasteiger partial charge < -0.3 is 10.4 Å². The Balaban J connectivity index is 2.24. The molecule has 2 rings (SSSR count). The van der Waals surface area contributed by atoms with Gasteiger partial charge in [-0.2, -0.15) is 0 Å². The summed E-state index contributed by atoms with van der Waals surface area (Å²) < 4.78 is 0. The zero-order valence-corrected chi connectivity index (χ0v) is 9.57. The van der Waals surface area contributed by atoms with E-state index >= 15 is 0 Å². The van der Waals surface area contributed by atoms with Crippen molar-refractivity contribution in [3.63, 3.8) is 0 Å². The molecule has 1 aromatic carbocycles. The van der Waals surface area contributed by atoms with Crippen molar-refractivity contribution in [3.8, 4) is 0 Å². The first-order valence-corrected chi connectivity index (χ1v) is 5.44. The van der Waals surface area contributed by atoms with Gasteiger partial charge in [0.1, 0.15) is 5.70 Å². The highest BCUT2D eigenvalue weighted by Crippen LogP contribution is 2.23. The fraction of sp³-hybridized carbons (Fsp3) is 0.167. The minimum atomic E-state index is -1.13. The van der Waals surface area contributed by atoms with Crippen LogP contribution < -0.4 is 5.32 Å². The third kappa shape index (κ3) is 2.65. The van der Waals surface area contributed by atoms with E-state index in [0.717, 1.165) is 11.6 Å². The summed E-state index contributed by atoms with van der Waals surface area (Å²) in [6.45, 7) is 0. The molecular weight excluding hydrogens is 242 g/mol. The molecule has 0 saturated heterocycles. The number of allylic oxidation sites excluding steroid dienone is 1. The Labute approximate surface area is 103 Å². The highest BCUT2D eigenvalue weighted by atomic mass is 35.5. The second kappa shape index (κ2) is 4.59. The number of aliphatic carboxylic acids is 1. The van der Waals surface area contributed by atoms with E-state index < -0.39 is 5.97 Å². The topological polar surface area (TPSA) is 66.4 Å². The summed E-state index contributed by atoms with van der Waals surface area (Å²) in [5.74, 6) is -1.32. The molecule has 0 saturated carbocycles. The first-order chi connectivity index (χ1) is 8.06. The van der Waals surface area contributed by atoms with Crippen LogP contribution in [0.1, 0.15) is 18.0 Å². The van der Waals surface area contributed by atoms with Crippen LogP contribution in [0.5, 0.6) is 0 Å². The van der Waals surface area contributed by atoms with Gasteiger partial charge in [-0.05, 0) is 17.7 Å². The Kier molecular flexibility index (Phi) is 3.15. The average Bonchev–Trinajstić information content (AvgIpc) is 2.29. The van der Waals surface area contributed by atoms with Crippen LogP contribution in [0.15, 0.2) is 36.0 Å². The maximum absolute atomic E-state index is 11.4. The molecule has 1 heterocycles. The maximum Gasteiger partial charge on any atom is 0.352 e. The molecule has 2 N–H and O–H groups in total. The lowest BCUT2D eigenvalue weighted by atomic mass is 9.97. The largest absolute Gasteiger partial charge is 0.477 e. The molecule has 1 aromatic rings. The Morgan fingerprint density at radius 1 is 1.35 bits per heavy atom. The quantitative estimate of drug-likeness (QED) is 0.843. The summed E-state index contributed by atoms with van der Waals surface area (Å²) in [7, 11) is 0. The van der Waals surface area contributed by atoms with Gasteiger partial charge in [0, 0.05) is 17.5 Å². The Hall–Kier alpha value is -1.81. The van der Waals surface area contributed by atoms with Gasteiger partial charge >= 0.3 is 5.97 Å². The van der Waals surface area contributed by atoms with Crippen LogP contribution in [0.3, 0.4) is 0 Å². The lowest BCUT2D eigenvalue weighted by Crippen LogP contribution is -2.31. The van der Waals surface area contributed by atoms with Gasteiger partial charge in [-0.15, -0.1) is 0 Å².